The molecule has 5 heteroatoms. The maximum absolute atomic E-state index is 13.9. The molecule has 4 nitrogen and oxygen atoms in total. The van der Waals surface area contributed by atoms with Gasteiger partial charge < -0.3 is 19.5 Å². The second-order valence-electron chi connectivity index (χ2n) is 3.79. The third kappa shape index (κ3) is 2.50. The Hall–Kier alpha value is -1.33. The minimum atomic E-state index is -0.337. The van der Waals surface area contributed by atoms with Crippen molar-refractivity contribution in [3.05, 3.63) is 23.5 Å². The molecule has 0 bridgehead atoms. The van der Waals surface area contributed by atoms with Gasteiger partial charge in [0, 0.05) is 24.7 Å². The van der Waals surface area contributed by atoms with E-state index in [1.807, 2.05) is 0 Å². The van der Waals surface area contributed by atoms with E-state index in [1.165, 1.54) is 20.3 Å². The average molecular weight is 241 g/mol. The van der Waals surface area contributed by atoms with Crippen LogP contribution in [0.4, 0.5) is 4.39 Å². The maximum Gasteiger partial charge on any atom is 0.163 e. The zero-order valence-corrected chi connectivity index (χ0v) is 9.96. The molecule has 0 aliphatic carbocycles. The molecular weight excluding hydrogens is 225 g/mol. The summed E-state index contributed by atoms with van der Waals surface area (Å²) >= 11 is 0. The molecule has 1 unspecified atom stereocenters. The highest BCUT2D eigenvalue weighted by molar-refractivity contribution is 5.44. The van der Waals surface area contributed by atoms with Gasteiger partial charge in [-0.15, -0.1) is 0 Å². The molecule has 1 heterocycles. The Morgan fingerprint density at radius 1 is 1.29 bits per heavy atom. The number of hydrogen-bond acceptors (Lipinski definition) is 4. The quantitative estimate of drug-likeness (QED) is 0.870. The van der Waals surface area contributed by atoms with Crippen molar-refractivity contribution in [1.82, 2.24) is 5.32 Å². The molecule has 94 valence electrons. The summed E-state index contributed by atoms with van der Waals surface area (Å²) < 4.78 is 29.6. The Balaban J connectivity index is 2.32. The minimum absolute atomic E-state index is 0.274. The Morgan fingerprint density at radius 3 is 2.59 bits per heavy atom. The zero-order chi connectivity index (χ0) is 12.3. The van der Waals surface area contributed by atoms with Crippen molar-refractivity contribution in [2.24, 2.45) is 0 Å². The molecule has 0 spiro atoms. The fourth-order valence-corrected chi connectivity index (χ4v) is 1.88. The highest BCUT2D eigenvalue weighted by Crippen LogP contribution is 2.33. The Bertz CT molecular complexity index is 392. The molecule has 1 aliphatic rings. The van der Waals surface area contributed by atoms with Gasteiger partial charge in [-0.05, 0) is 6.07 Å². The largest absolute Gasteiger partial charge is 0.493 e. The van der Waals surface area contributed by atoms with E-state index in [0.29, 0.717) is 30.2 Å². The van der Waals surface area contributed by atoms with Gasteiger partial charge in [-0.3, -0.25) is 0 Å². The molecule has 1 aromatic carbocycles. The summed E-state index contributed by atoms with van der Waals surface area (Å²) in [5.74, 6) is 0.562. The van der Waals surface area contributed by atoms with E-state index >= 15 is 0 Å². The standard InChI is InChI=1S/C12H16FNO3/c1-15-10-5-8(9(13)6-11(10)16-2)12-7-14-3-4-17-12/h5-6,12,14H,3-4,7H2,1-2H3. The second kappa shape index (κ2) is 5.33. The van der Waals surface area contributed by atoms with Crippen LogP contribution in [0.1, 0.15) is 11.7 Å². The lowest BCUT2D eigenvalue weighted by molar-refractivity contribution is 0.0253. The second-order valence-corrected chi connectivity index (χ2v) is 3.79. The van der Waals surface area contributed by atoms with Crippen LogP contribution in [0, 0.1) is 5.82 Å². The molecule has 0 saturated carbocycles. The van der Waals surface area contributed by atoms with E-state index in [-0.39, 0.29) is 11.9 Å². The van der Waals surface area contributed by atoms with Crippen LogP contribution >= 0.6 is 0 Å². The molecule has 0 aromatic heterocycles. The summed E-state index contributed by atoms with van der Waals surface area (Å²) in [6, 6.07) is 2.96. The van der Waals surface area contributed by atoms with Gasteiger partial charge in [0.2, 0.25) is 0 Å². The summed E-state index contributed by atoms with van der Waals surface area (Å²) in [5, 5.41) is 3.16. The number of morpholine rings is 1. The first-order valence-electron chi connectivity index (χ1n) is 5.50. The van der Waals surface area contributed by atoms with E-state index in [1.54, 1.807) is 6.07 Å². The predicted octanol–water partition coefficient (Wildman–Crippen LogP) is 1.50. The summed E-state index contributed by atoms with van der Waals surface area (Å²) in [6.07, 6.45) is -0.274. The summed E-state index contributed by atoms with van der Waals surface area (Å²) in [5.41, 5.74) is 0.495. The molecule has 2 rings (SSSR count). The number of hydrogen-bond donors (Lipinski definition) is 1. The first kappa shape index (κ1) is 12.1. The van der Waals surface area contributed by atoms with Crippen LogP contribution in [-0.2, 0) is 4.74 Å². The van der Waals surface area contributed by atoms with E-state index in [2.05, 4.69) is 5.32 Å². The molecule has 1 saturated heterocycles. The van der Waals surface area contributed by atoms with E-state index in [0.717, 1.165) is 6.54 Å². The lowest BCUT2D eigenvalue weighted by Crippen LogP contribution is -2.33. The van der Waals surface area contributed by atoms with Crippen molar-refractivity contribution in [2.75, 3.05) is 33.9 Å². The molecule has 1 fully saturated rings. The van der Waals surface area contributed by atoms with Crippen LogP contribution in [0.25, 0.3) is 0 Å². The van der Waals surface area contributed by atoms with Crippen LogP contribution in [0.5, 0.6) is 11.5 Å². The van der Waals surface area contributed by atoms with Gasteiger partial charge in [0.25, 0.3) is 0 Å². The predicted molar refractivity (Wildman–Crippen MR) is 61.1 cm³/mol. The lowest BCUT2D eigenvalue weighted by Gasteiger charge is -2.25. The summed E-state index contributed by atoms with van der Waals surface area (Å²) in [6.45, 7) is 1.98. The van der Waals surface area contributed by atoms with Gasteiger partial charge in [0.05, 0.1) is 26.9 Å². The highest BCUT2D eigenvalue weighted by atomic mass is 19.1. The van der Waals surface area contributed by atoms with Gasteiger partial charge in [0.15, 0.2) is 11.5 Å². The molecule has 1 aromatic rings. The molecule has 1 N–H and O–H groups in total. The van der Waals surface area contributed by atoms with Gasteiger partial charge >= 0.3 is 0 Å². The zero-order valence-electron chi connectivity index (χ0n) is 9.96. The SMILES string of the molecule is COc1cc(F)c(C2CNCCO2)cc1OC. The summed E-state index contributed by atoms with van der Waals surface area (Å²) in [4.78, 5) is 0. The van der Waals surface area contributed by atoms with Crippen molar-refractivity contribution >= 4 is 0 Å². The van der Waals surface area contributed by atoms with Gasteiger partial charge in [-0.2, -0.15) is 0 Å². The van der Waals surface area contributed by atoms with Gasteiger partial charge in [0.1, 0.15) is 5.82 Å². The van der Waals surface area contributed by atoms with E-state index in [4.69, 9.17) is 14.2 Å². The number of halogens is 1. The molecule has 17 heavy (non-hydrogen) atoms. The van der Waals surface area contributed by atoms with Crippen molar-refractivity contribution in [1.29, 1.82) is 0 Å². The summed E-state index contributed by atoms with van der Waals surface area (Å²) in [7, 11) is 3.01. The number of rotatable bonds is 3. The fraction of sp³-hybridized carbons (Fsp3) is 0.500. The minimum Gasteiger partial charge on any atom is -0.493 e. The monoisotopic (exact) mass is 241 g/mol. The molecular formula is C12H16FNO3. The van der Waals surface area contributed by atoms with Crippen LogP contribution < -0.4 is 14.8 Å². The fourth-order valence-electron chi connectivity index (χ4n) is 1.88. The van der Waals surface area contributed by atoms with Crippen LogP contribution in [0.3, 0.4) is 0 Å². The van der Waals surface area contributed by atoms with Crippen molar-refractivity contribution in [3.63, 3.8) is 0 Å². The van der Waals surface area contributed by atoms with Gasteiger partial charge in [-0.1, -0.05) is 0 Å². The molecule has 0 radical (unpaired) electrons. The number of ether oxygens (including phenoxy) is 3. The molecule has 1 atom stereocenters. The smallest absolute Gasteiger partial charge is 0.163 e. The first-order valence-corrected chi connectivity index (χ1v) is 5.50. The third-order valence-electron chi connectivity index (χ3n) is 2.78. The molecule has 1 aliphatic heterocycles. The first-order chi connectivity index (χ1) is 8.26. The topological polar surface area (TPSA) is 39.7 Å². The molecule has 0 amide bonds. The number of nitrogens with one attached hydrogen (secondary N) is 1. The maximum atomic E-state index is 13.9. The lowest BCUT2D eigenvalue weighted by atomic mass is 10.1. The average Bonchev–Trinajstić information content (AvgIpc) is 2.39. The Morgan fingerprint density at radius 2 is 2.00 bits per heavy atom. The van der Waals surface area contributed by atoms with Crippen LogP contribution in [0.15, 0.2) is 12.1 Å². The Kier molecular flexibility index (Phi) is 3.81. The van der Waals surface area contributed by atoms with Crippen molar-refractivity contribution < 1.29 is 18.6 Å². The number of methoxy groups -OCH3 is 2. The van der Waals surface area contributed by atoms with E-state index in [9.17, 15) is 4.39 Å². The third-order valence-corrected chi connectivity index (χ3v) is 2.78. The van der Waals surface area contributed by atoms with Crippen molar-refractivity contribution in [2.45, 2.75) is 6.10 Å². The normalized spacial score (nSPS) is 20.1. The number of benzene rings is 1. The Labute approximate surface area is 99.7 Å². The van der Waals surface area contributed by atoms with Crippen LogP contribution in [0.2, 0.25) is 0 Å². The van der Waals surface area contributed by atoms with Crippen LogP contribution in [-0.4, -0.2) is 33.9 Å². The highest BCUT2D eigenvalue weighted by Gasteiger charge is 2.21. The van der Waals surface area contributed by atoms with E-state index < -0.39 is 0 Å². The van der Waals surface area contributed by atoms with Crippen molar-refractivity contribution in [3.8, 4) is 11.5 Å². The van der Waals surface area contributed by atoms with Gasteiger partial charge in [-0.25, -0.2) is 4.39 Å².